The van der Waals surface area contributed by atoms with Crippen LogP contribution in [0.3, 0.4) is 0 Å². The van der Waals surface area contributed by atoms with Gasteiger partial charge in [-0.15, -0.1) is 11.6 Å². The summed E-state index contributed by atoms with van der Waals surface area (Å²) in [4.78, 5) is 0.359. The second kappa shape index (κ2) is 3.13. The third-order valence-electron chi connectivity index (χ3n) is 1.25. The molecular weight excluding hydrogens is 204 g/mol. The second-order valence-electron chi connectivity index (χ2n) is 2.17. The number of thiophene rings is 1. The van der Waals surface area contributed by atoms with Gasteiger partial charge in [-0.2, -0.15) is 11.3 Å². The Morgan fingerprint density at radius 2 is 2.18 bits per heavy atom. The molecule has 0 aliphatic rings. The predicted octanol–water partition coefficient (Wildman–Crippen LogP) is 1.89. The Kier molecular flexibility index (Phi) is 2.57. The standard InChI is InChI=1S/C6H7ClO2S2/c1-11(8,9)6-4-10-3-5(6)2-7/h3-4H,2H2,1H3. The number of hydrogen-bond acceptors (Lipinski definition) is 3. The summed E-state index contributed by atoms with van der Waals surface area (Å²) in [6.45, 7) is 0. The van der Waals surface area contributed by atoms with Gasteiger partial charge in [0.1, 0.15) is 0 Å². The monoisotopic (exact) mass is 210 g/mol. The fourth-order valence-corrected chi connectivity index (χ4v) is 3.39. The van der Waals surface area contributed by atoms with Crippen LogP contribution in [0, 0.1) is 0 Å². The van der Waals surface area contributed by atoms with E-state index >= 15 is 0 Å². The van der Waals surface area contributed by atoms with E-state index in [4.69, 9.17) is 11.6 Å². The van der Waals surface area contributed by atoms with Crippen molar-refractivity contribution in [1.82, 2.24) is 0 Å². The molecule has 1 heterocycles. The highest BCUT2D eigenvalue weighted by atomic mass is 35.5. The number of sulfone groups is 1. The zero-order valence-electron chi connectivity index (χ0n) is 5.87. The van der Waals surface area contributed by atoms with Crippen molar-refractivity contribution >= 4 is 32.8 Å². The topological polar surface area (TPSA) is 34.1 Å². The number of hydrogen-bond donors (Lipinski definition) is 0. The van der Waals surface area contributed by atoms with E-state index in [9.17, 15) is 8.42 Å². The van der Waals surface area contributed by atoms with E-state index < -0.39 is 9.84 Å². The molecule has 0 bridgehead atoms. The summed E-state index contributed by atoms with van der Waals surface area (Å²) >= 11 is 6.88. The van der Waals surface area contributed by atoms with E-state index in [1.165, 1.54) is 17.6 Å². The van der Waals surface area contributed by atoms with E-state index in [2.05, 4.69) is 0 Å². The van der Waals surface area contributed by atoms with Gasteiger partial charge in [0, 0.05) is 17.5 Å². The van der Waals surface area contributed by atoms with Gasteiger partial charge in [0.2, 0.25) is 0 Å². The summed E-state index contributed by atoms with van der Waals surface area (Å²) in [5, 5.41) is 3.36. The van der Waals surface area contributed by atoms with Gasteiger partial charge in [0.05, 0.1) is 4.90 Å². The summed E-state index contributed by atoms with van der Waals surface area (Å²) in [5.74, 6) is 0.256. The summed E-state index contributed by atoms with van der Waals surface area (Å²) in [5.41, 5.74) is 0.694. The quantitative estimate of drug-likeness (QED) is 0.699. The first-order chi connectivity index (χ1) is 5.05. The van der Waals surface area contributed by atoms with Crippen LogP contribution in [0.2, 0.25) is 0 Å². The minimum absolute atomic E-state index is 0.256. The minimum atomic E-state index is -3.08. The molecule has 0 spiro atoms. The van der Waals surface area contributed by atoms with Crippen LogP contribution in [-0.2, 0) is 15.7 Å². The molecule has 0 fully saturated rings. The Bertz CT molecular complexity index is 339. The van der Waals surface area contributed by atoms with Crippen molar-refractivity contribution in [3.63, 3.8) is 0 Å². The maximum absolute atomic E-state index is 11.0. The average Bonchev–Trinajstić information content (AvgIpc) is 2.31. The van der Waals surface area contributed by atoms with Crippen LogP contribution in [0.25, 0.3) is 0 Å². The molecule has 2 nitrogen and oxygen atoms in total. The largest absolute Gasteiger partial charge is 0.224 e. The first-order valence-corrected chi connectivity index (χ1v) is 6.23. The summed E-state index contributed by atoms with van der Waals surface area (Å²) in [6, 6.07) is 0. The molecule has 0 aliphatic carbocycles. The van der Waals surface area contributed by atoms with E-state index in [0.717, 1.165) is 0 Å². The molecule has 0 aliphatic heterocycles. The van der Waals surface area contributed by atoms with Crippen LogP contribution in [0.4, 0.5) is 0 Å². The number of rotatable bonds is 2. The normalized spacial score (nSPS) is 11.8. The molecular formula is C6H7ClO2S2. The van der Waals surface area contributed by atoms with Crippen molar-refractivity contribution in [1.29, 1.82) is 0 Å². The van der Waals surface area contributed by atoms with Crippen molar-refractivity contribution in [3.8, 4) is 0 Å². The van der Waals surface area contributed by atoms with E-state index in [1.54, 1.807) is 10.8 Å². The summed E-state index contributed by atoms with van der Waals surface area (Å²) in [7, 11) is -3.08. The lowest BCUT2D eigenvalue weighted by Gasteiger charge is -1.95. The molecule has 0 saturated carbocycles. The van der Waals surface area contributed by atoms with Crippen LogP contribution < -0.4 is 0 Å². The smallest absolute Gasteiger partial charge is 0.176 e. The van der Waals surface area contributed by atoms with Crippen molar-refractivity contribution < 1.29 is 8.42 Å². The minimum Gasteiger partial charge on any atom is -0.224 e. The van der Waals surface area contributed by atoms with Crippen molar-refractivity contribution in [2.75, 3.05) is 6.26 Å². The molecule has 0 N–H and O–H groups in total. The van der Waals surface area contributed by atoms with E-state index in [-0.39, 0.29) is 5.88 Å². The highest BCUT2D eigenvalue weighted by Gasteiger charge is 2.12. The molecule has 1 rings (SSSR count). The lowest BCUT2D eigenvalue weighted by molar-refractivity contribution is 0.601. The van der Waals surface area contributed by atoms with E-state index in [0.29, 0.717) is 10.5 Å². The zero-order valence-corrected chi connectivity index (χ0v) is 8.26. The Morgan fingerprint density at radius 3 is 2.55 bits per heavy atom. The summed E-state index contributed by atoms with van der Waals surface area (Å²) in [6.07, 6.45) is 1.19. The average molecular weight is 211 g/mol. The first kappa shape index (κ1) is 9.03. The fraction of sp³-hybridized carbons (Fsp3) is 0.333. The summed E-state index contributed by atoms with van der Waals surface area (Å²) < 4.78 is 22.0. The van der Waals surface area contributed by atoms with Crippen LogP contribution >= 0.6 is 22.9 Å². The maximum Gasteiger partial charge on any atom is 0.176 e. The fourth-order valence-electron chi connectivity index (χ4n) is 0.735. The van der Waals surface area contributed by atoms with Gasteiger partial charge in [0.25, 0.3) is 0 Å². The third-order valence-corrected chi connectivity index (χ3v) is 3.65. The van der Waals surface area contributed by atoms with Gasteiger partial charge >= 0.3 is 0 Å². The Balaban J connectivity index is 3.24. The van der Waals surface area contributed by atoms with Gasteiger partial charge in [-0.3, -0.25) is 0 Å². The van der Waals surface area contributed by atoms with Gasteiger partial charge in [-0.05, 0) is 10.9 Å². The second-order valence-corrected chi connectivity index (χ2v) is 5.16. The molecule has 0 atom stereocenters. The first-order valence-electron chi connectivity index (χ1n) is 2.87. The van der Waals surface area contributed by atoms with Crippen molar-refractivity contribution in [2.24, 2.45) is 0 Å². The van der Waals surface area contributed by atoms with Crippen LogP contribution in [-0.4, -0.2) is 14.7 Å². The third kappa shape index (κ3) is 1.95. The maximum atomic E-state index is 11.0. The Hall–Kier alpha value is -0.0600. The van der Waals surface area contributed by atoms with Gasteiger partial charge < -0.3 is 0 Å². The van der Waals surface area contributed by atoms with Crippen molar-refractivity contribution in [2.45, 2.75) is 10.8 Å². The molecule has 0 saturated heterocycles. The van der Waals surface area contributed by atoms with Crippen LogP contribution in [0.5, 0.6) is 0 Å². The molecule has 5 heteroatoms. The molecule has 1 aromatic heterocycles. The molecule has 1 aromatic rings. The van der Waals surface area contributed by atoms with Gasteiger partial charge in [0.15, 0.2) is 9.84 Å². The SMILES string of the molecule is CS(=O)(=O)c1cscc1CCl. The van der Waals surface area contributed by atoms with E-state index in [1.807, 2.05) is 0 Å². The predicted molar refractivity (Wildman–Crippen MR) is 47.0 cm³/mol. The van der Waals surface area contributed by atoms with Crippen LogP contribution in [0.15, 0.2) is 15.7 Å². The van der Waals surface area contributed by atoms with Crippen LogP contribution in [0.1, 0.15) is 5.56 Å². The molecule has 0 aromatic carbocycles. The number of halogens is 1. The highest BCUT2D eigenvalue weighted by Crippen LogP contribution is 2.21. The molecule has 62 valence electrons. The molecule has 0 unspecified atom stereocenters. The van der Waals surface area contributed by atoms with Gasteiger partial charge in [-0.25, -0.2) is 8.42 Å². The lowest BCUT2D eigenvalue weighted by atomic mass is 10.4. The zero-order chi connectivity index (χ0) is 8.48. The molecule has 11 heavy (non-hydrogen) atoms. The number of alkyl halides is 1. The van der Waals surface area contributed by atoms with Crippen molar-refractivity contribution in [3.05, 3.63) is 16.3 Å². The Labute approximate surface area is 74.7 Å². The Morgan fingerprint density at radius 1 is 1.55 bits per heavy atom. The lowest BCUT2D eigenvalue weighted by Crippen LogP contribution is -1.97. The molecule has 0 radical (unpaired) electrons. The molecule has 0 amide bonds. The highest BCUT2D eigenvalue weighted by molar-refractivity contribution is 7.90. The van der Waals surface area contributed by atoms with Gasteiger partial charge in [-0.1, -0.05) is 0 Å².